The summed E-state index contributed by atoms with van der Waals surface area (Å²) in [5, 5.41) is 11.0. The topological polar surface area (TPSA) is 42.7 Å². The summed E-state index contributed by atoms with van der Waals surface area (Å²) in [6.45, 7) is 7.98. The van der Waals surface area contributed by atoms with E-state index in [-0.39, 0.29) is 12.0 Å². The number of hydrogen-bond acceptors (Lipinski definition) is 3. The van der Waals surface area contributed by atoms with Crippen molar-refractivity contribution in [1.82, 2.24) is 20.3 Å². The fourth-order valence-electron chi connectivity index (χ4n) is 1.18. The Kier molecular flexibility index (Phi) is 4.20. The van der Waals surface area contributed by atoms with Gasteiger partial charge in [-0.1, -0.05) is 26.0 Å². The van der Waals surface area contributed by atoms with E-state index in [9.17, 15) is 4.39 Å². The average molecular weight is 214 g/mol. The van der Waals surface area contributed by atoms with Crippen molar-refractivity contribution in [1.29, 1.82) is 0 Å². The summed E-state index contributed by atoms with van der Waals surface area (Å²) in [5.41, 5.74) is 1.11. The molecule has 15 heavy (non-hydrogen) atoms. The van der Waals surface area contributed by atoms with E-state index in [1.165, 1.54) is 4.68 Å². The SMILES string of the molecule is CC(C)(C)CNCc1cn(CCF)nn1. The molecule has 0 aliphatic carbocycles. The first-order chi connectivity index (χ1) is 7.01. The first-order valence-electron chi connectivity index (χ1n) is 5.17. The standard InChI is InChI=1S/C10H19FN4/c1-10(2,3)8-12-6-9-7-15(5-4-11)14-13-9/h7,12H,4-6,8H2,1-3H3. The highest BCUT2D eigenvalue weighted by atomic mass is 19.1. The molecule has 0 fully saturated rings. The van der Waals surface area contributed by atoms with Gasteiger partial charge in [0.15, 0.2) is 0 Å². The second kappa shape index (κ2) is 5.21. The molecule has 5 heteroatoms. The van der Waals surface area contributed by atoms with Crippen LogP contribution in [0.5, 0.6) is 0 Å². The van der Waals surface area contributed by atoms with Gasteiger partial charge in [0, 0.05) is 19.3 Å². The van der Waals surface area contributed by atoms with Gasteiger partial charge in [0.1, 0.15) is 6.67 Å². The Balaban J connectivity index is 2.31. The predicted molar refractivity (Wildman–Crippen MR) is 57.2 cm³/mol. The van der Waals surface area contributed by atoms with E-state index >= 15 is 0 Å². The molecule has 1 aromatic heterocycles. The molecule has 1 rings (SSSR count). The van der Waals surface area contributed by atoms with Crippen molar-refractivity contribution in [3.8, 4) is 0 Å². The van der Waals surface area contributed by atoms with Crippen molar-refractivity contribution >= 4 is 0 Å². The van der Waals surface area contributed by atoms with E-state index in [1.54, 1.807) is 6.20 Å². The van der Waals surface area contributed by atoms with Crippen LogP contribution in [0.15, 0.2) is 6.20 Å². The molecule has 0 unspecified atom stereocenters. The molecular formula is C10H19FN4. The van der Waals surface area contributed by atoms with E-state index in [1.807, 2.05) is 0 Å². The number of alkyl halides is 1. The molecule has 0 saturated carbocycles. The van der Waals surface area contributed by atoms with Crippen LogP contribution in [0.2, 0.25) is 0 Å². The van der Waals surface area contributed by atoms with Crippen molar-refractivity contribution in [3.63, 3.8) is 0 Å². The molecule has 0 aliphatic heterocycles. The van der Waals surface area contributed by atoms with E-state index in [4.69, 9.17) is 0 Å². The van der Waals surface area contributed by atoms with Gasteiger partial charge in [-0.3, -0.25) is 0 Å². The van der Waals surface area contributed by atoms with Crippen LogP contribution in [-0.4, -0.2) is 28.2 Å². The van der Waals surface area contributed by atoms with Gasteiger partial charge in [0.25, 0.3) is 0 Å². The van der Waals surface area contributed by atoms with Gasteiger partial charge in [0.2, 0.25) is 0 Å². The number of halogens is 1. The Labute approximate surface area is 89.9 Å². The summed E-state index contributed by atoms with van der Waals surface area (Å²) < 4.78 is 13.5. The van der Waals surface area contributed by atoms with Crippen LogP contribution < -0.4 is 5.32 Å². The van der Waals surface area contributed by atoms with Crippen LogP contribution in [0.25, 0.3) is 0 Å². The van der Waals surface area contributed by atoms with Crippen molar-refractivity contribution < 1.29 is 4.39 Å². The fraction of sp³-hybridized carbons (Fsp3) is 0.800. The van der Waals surface area contributed by atoms with Gasteiger partial charge >= 0.3 is 0 Å². The molecule has 1 N–H and O–H groups in total. The van der Waals surface area contributed by atoms with Gasteiger partial charge < -0.3 is 5.32 Å². The molecule has 0 amide bonds. The zero-order valence-electron chi connectivity index (χ0n) is 9.63. The van der Waals surface area contributed by atoms with Crippen molar-refractivity contribution in [2.24, 2.45) is 5.41 Å². The summed E-state index contributed by atoms with van der Waals surface area (Å²) in [4.78, 5) is 0. The number of rotatable bonds is 5. The quantitative estimate of drug-likeness (QED) is 0.805. The van der Waals surface area contributed by atoms with Crippen LogP contribution in [0.1, 0.15) is 26.5 Å². The monoisotopic (exact) mass is 214 g/mol. The van der Waals surface area contributed by atoms with E-state index in [0.29, 0.717) is 6.54 Å². The van der Waals surface area contributed by atoms with Crippen LogP contribution in [0.4, 0.5) is 4.39 Å². The molecule has 0 saturated heterocycles. The van der Waals surface area contributed by atoms with E-state index in [0.717, 1.165) is 12.2 Å². The molecule has 0 spiro atoms. The fourth-order valence-corrected chi connectivity index (χ4v) is 1.18. The van der Waals surface area contributed by atoms with Gasteiger partial charge in [0.05, 0.1) is 12.2 Å². The molecule has 0 aliphatic rings. The Morgan fingerprint density at radius 1 is 1.47 bits per heavy atom. The zero-order valence-corrected chi connectivity index (χ0v) is 9.63. The number of nitrogens with zero attached hydrogens (tertiary/aromatic N) is 3. The average Bonchev–Trinajstić information content (AvgIpc) is 2.51. The third-order valence-electron chi connectivity index (χ3n) is 1.86. The van der Waals surface area contributed by atoms with E-state index < -0.39 is 6.67 Å². The summed E-state index contributed by atoms with van der Waals surface area (Å²) in [7, 11) is 0. The molecule has 1 heterocycles. The molecule has 0 atom stereocenters. The summed E-state index contributed by atoms with van der Waals surface area (Å²) in [5.74, 6) is 0. The summed E-state index contributed by atoms with van der Waals surface area (Å²) in [6, 6.07) is 0. The maximum absolute atomic E-state index is 12.0. The van der Waals surface area contributed by atoms with Gasteiger partial charge in [-0.25, -0.2) is 9.07 Å². The first-order valence-corrected chi connectivity index (χ1v) is 5.17. The largest absolute Gasteiger partial charge is 0.311 e. The molecule has 0 radical (unpaired) electrons. The van der Waals surface area contributed by atoms with Gasteiger partial charge in [-0.2, -0.15) is 0 Å². The molecule has 4 nitrogen and oxygen atoms in total. The van der Waals surface area contributed by atoms with Crippen LogP contribution >= 0.6 is 0 Å². The number of nitrogens with one attached hydrogen (secondary N) is 1. The van der Waals surface area contributed by atoms with Crippen molar-refractivity contribution in [2.75, 3.05) is 13.2 Å². The summed E-state index contributed by atoms with van der Waals surface area (Å²) >= 11 is 0. The number of aromatic nitrogens is 3. The van der Waals surface area contributed by atoms with Crippen molar-refractivity contribution in [2.45, 2.75) is 33.9 Å². The third-order valence-corrected chi connectivity index (χ3v) is 1.86. The highest BCUT2D eigenvalue weighted by molar-refractivity contribution is 4.91. The minimum atomic E-state index is -0.405. The minimum absolute atomic E-state index is 0.259. The molecular weight excluding hydrogens is 195 g/mol. The third kappa shape index (κ3) is 4.88. The molecule has 1 aromatic rings. The lowest BCUT2D eigenvalue weighted by atomic mass is 9.97. The lowest BCUT2D eigenvalue weighted by molar-refractivity contribution is 0.378. The van der Waals surface area contributed by atoms with Crippen LogP contribution in [-0.2, 0) is 13.1 Å². The maximum Gasteiger partial charge on any atom is 0.109 e. The number of aryl methyl sites for hydroxylation is 1. The molecule has 86 valence electrons. The van der Waals surface area contributed by atoms with Crippen molar-refractivity contribution in [3.05, 3.63) is 11.9 Å². The molecule has 0 bridgehead atoms. The molecule has 0 aromatic carbocycles. The predicted octanol–water partition coefficient (Wildman–Crippen LogP) is 1.38. The maximum atomic E-state index is 12.0. The smallest absolute Gasteiger partial charge is 0.109 e. The normalized spacial score (nSPS) is 12.0. The zero-order chi connectivity index (χ0) is 11.3. The highest BCUT2D eigenvalue weighted by Gasteiger charge is 2.09. The minimum Gasteiger partial charge on any atom is -0.311 e. The Morgan fingerprint density at radius 2 is 2.20 bits per heavy atom. The lowest BCUT2D eigenvalue weighted by Crippen LogP contribution is -2.26. The van der Waals surface area contributed by atoms with Crippen LogP contribution in [0, 0.1) is 5.41 Å². The Bertz CT molecular complexity index is 290. The number of hydrogen-bond donors (Lipinski definition) is 1. The Hall–Kier alpha value is -0.970. The van der Waals surface area contributed by atoms with Gasteiger partial charge in [-0.15, -0.1) is 5.10 Å². The van der Waals surface area contributed by atoms with E-state index in [2.05, 4.69) is 36.4 Å². The second-order valence-electron chi connectivity index (χ2n) is 4.83. The highest BCUT2D eigenvalue weighted by Crippen LogP contribution is 2.10. The lowest BCUT2D eigenvalue weighted by Gasteiger charge is -2.17. The summed E-state index contributed by atoms with van der Waals surface area (Å²) in [6.07, 6.45) is 1.77. The first kappa shape index (κ1) is 12.1. The second-order valence-corrected chi connectivity index (χ2v) is 4.83. The van der Waals surface area contributed by atoms with Crippen LogP contribution in [0.3, 0.4) is 0 Å². The van der Waals surface area contributed by atoms with Gasteiger partial charge in [-0.05, 0) is 5.41 Å². The Morgan fingerprint density at radius 3 is 2.80 bits per heavy atom.